The van der Waals surface area contributed by atoms with Gasteiger partial charge in [0.05, 0.1) is 12.6 Å². The minimum Gasteiger partial charge on any atom is -0.467 e. The molecule has 1 heterocycles. The Labute approximate surface area is 76.5 Å². The van der Waals surface area contributed by atoms with E-state index in [2.05, 4.69) is 10.1 Å². The fourth-order valence-electron chi connectivity index (χ4n) is 0.843. The average molecular weight is 190 g/mol. The van der Waals surface area contributed by atoms with E-state index in [0.29, 0.717) is 6.01 Å². The van der Waals surface area contributed by atoms with Gasteiger partial charge in [0.1, 0.15) is 0 Å². The second kappa shape index (κ2) is 2.94. The summed E-state index contributed by atoms with van der Waals surface area (Å²) in [5.74, 6) is 0. The first-order chi connectivity index (χ1) is 5.45. The Hall–Kier alpha value is -0.770. The van der Waals surface area contributed by atoms with Crippen LogP contribution in [0.1, 0.15) is 20.8 Å². The first-order valence-corrected chi connectivity index (χ1v) is 4.00. The van der Waals surface area contributed by atoms with Crippen molar-refractivity contribution in [3.8, 4) is 6.01 Å². The van der Waals surface area contributed by atoms with Crippen molar-refractivity contribution in [3.05, 3.63) is 5.28 Å². The van der Waals surface area contributed by atoms with Crippen LogP contribution in [0.25, 0.3) is 0 Å². The van der Waals surface area contributed by atoms with Crippen LogP contribution in [0.2, 0.25) is 5.28 Å². The highest BCUT2D eigenvalue weighted by molar-refractivity contribution is 6.28. The number of methoxy groups -OCH3 is 1. The van der Waals surface area contributed by atoms with Crippen molar-refractivity contribution in [1.82, 2.24) is 14.8 Å². The molecular weight excluding hydrogens is 178 g/mol. The van der Waals surface area contributed by atoms with Crippen molar-refractivity contribution in [2.24, 2.45) is 0 Å². The zero-order chi connectivity index (χ0) is 9.35. The Bertz CT molecular complexity index is 277. The summed E-state index contributed by atoms with van der Waals surface area (Å²) in [6.45, 7) is 6.00. The molecule has 0 radical (unpaired) electrons. The first kappa shape index (κ1) is 9.32. The molecular formula is C7H12ClN3O. The number of ether oxygens (including phenoxy) is 1. The molecule has 0 aliphatic rings. The van der Waals surface area contributed by atoms with E-state index in [-0.39, 0.29) is 10.8 Å². The van der Waals surface area contributed by atoms with Crippen molar-refractivity contribution in [2.45, 2.75) is 26.3 Å². The highest BCUT2D eigenvalue weighted by Gasteiger charge is 2.20. The molecule has 1 aromatic heterocycles. The van der Waals surface area contributed by atoms with Crippen LogP contribution in [0.3, 0.4) is 0 Å². The number of nitrogens with zero attached hydrogens (tertiary/aromatic N) is 3. The van der Waals surface area contributed by atoms with Crippen LogP contribution in [-0.2, 0) is 5.54 Å². The number of halogens is 1. The van der Waals surface area contributed by atoms with Crippen molar-refractivity contribution in [3.63, 3.8) is 0 Å². The Kier molecular flexibility index (Phi) is 2.28. The third kappa shape index (κ3) is 1.69. The molecule has 0 spiro atoms. The fourth-order valence-corrected chi connectivity index (χ4v) is 0.991. The average Bonchev–Trinajstić information content (AvgIpc) is 2.29. The SMILES string of the molecule is COc1nc(Cl)nn1C(C)(C)C. The number of hydrogen-bond donors (Lipinski definition) is 0. The van der Waals surface area contributed by atoms with E-state index < -0.39 is 0 Å². The predicted molar refractivity (Wildman–Crippen MR) is 46.6 cm³/mol. The molecule has 0 unspecified atom stereocenters. The van der Waals surface area contributed by atoms with E-state index >= 15 is 0 Å². The molecule has 0 aromatic carbocycles. The van der Waals surface area contributed by atoms with Gasteiger partial charge in [-0.2, -0.15) is 4.98 Å². The van der Waals surface area contributed by atoms with Crippen LogP contribution in [0.15, 0.2) is 0 Å². The Morgan fingerprint density at radius 3 is 2.33 bits per heavy atom. The number of hydrogen-bond acceptors (Lipinski definition) is 3. The lowest BCUT2D eigenvalue weighted by molar-refractivity contribution is 0.275. The highest BCUT2D eigenvalue weighted by atomic mass is 35.5. The first-order valence-electron chi connectivity index (χ1n) is 3.62. The standard InChI is InChI=1S/C7H12ClN3O/c1-7(2,3)11-6(12-4)9-5(8)10-11/h1-4H3. The molecule has 0 saturated carbocycles. The molecule has 0 N–H and O–H groups in total. The number of rotatable bonds is 1. The number of aromatic nitrogens is 3. The van der Waals surface area contributed by atoms with Gasteiger partial charge in [-0.3, -0.25) is 0 Å². The summed E-state index contributed by atoms with van der Waals surface area (Å²) in [6, 6.07) is 0.438. The smallest absolute Gasteiger partial charge is 0.316 e. The van der Waals surface area contributed by atoms with Crippen LogP contribution >= 0.6 is 11.6 Å². The van der Waals surface area contributed by atoms with Gasteiger partial charge in [-0.25, -0.2) is 4.68 Å². The summed E-state index contributed by atoms with van der Waals surface area (Å²) >= 11 is 5.63. The summed E-state index contributed by atoms with van der Waals surface area (Å²) in [5, 5.41) is 4.21. The Morgan fingerprint density at radius 1 is 1.42 bits per heavy atom. The monoisotopic (exact) mass is 189 g/mol. The minimum atomic E-state index is -0.161. The van der Waals surface area contributed by atoms with Crippen molar-refractivity contribution in [1.29, 1.82) is 0 Å². The largest absolute Gasteiger partial charge is 0.467 e. The summed E-state index contributed by atoms with van der Waals surface area (Å²) in [7, 11) is 1.54. The van der Waals surface area contributed by atoms with Crippen molar-refractivity contribution < 1.29 is 4.74 Å². The minimum absolute atomic E-state index is 0.161. The van der Waals surface area contributed by atoms with E-state index in [0.717, 1.165) is 0 Å². The molecule has 0 atom stereocenters. The van der Waals surface area contributed by atoms with E-state index in [1.807, 2.05) is 20.8 Å². The second-order valence-corrected chi connectivity index (χ2v) is 3.79. The molecule has 5 heteroatoms. The maximum Gasteiger partial charge on any atom is 0.316 e. The van der Waals surface area contributed by atoms with Gasteiger partial charge in [-0.15, -0.1) is 5.10 Å². The molecule has 0 saturated heterocycles. The zero-order valence-corrected chi connectivity index (χ0v) is 8.38. The third-order valence-corrected chi connectivity index (χ3v) is 1.53. The van der Waals surface area contributed by atoms with Gasteiger partial charge in [-0.05, 0) is 32.4 Å². The molecule has 0 bridgehead atoms. The van der Waals surface area contributed by atoms with Crippen LogP contribution in [0.4, 0.5) is 0 Å². The molecule has 0 aliphatic carbocycles. The van der Waals surface area contributed by atoms with Gasteiger partial charge < -0.3 is 4.74 Å². The van der Waals surface area contributed by atoms with Gasteiger partial charge in [0.15, 0.2) is 0 Å². The van der Waals surface area contributed by atoms with Crippen molar-refractivity contribution >= 4 is 11.6 Å². The van der Waals surface area contributed by atoms with Gasteiger partial charge in [0, 0.05) is 0 Å². The van der Waals surface area contributed by atoms with E-state index in [9.17, 15) is 0 Å². The maximum atomic E-state index is 5.63. The molecule has 1 rings (SSSR count). The summed E-state index contributed by atoms with van der Waals surface area (Å²) in [6.07, 6.45) is 0. The predicted octanol–water partition coefficient (Wildman–Crippen LogP) is 1.70. The van der Waals surface area contributed by atoms with Gasteiger partial charge >= 0.3 is 6.01 Å². The highest BCUT2D eigenvalue weighted by Crippen LogP contribution is 2.21. The third-order valence-electron chi connectivity index (χ3n) is 1.37. The molecule has 1 aromatic rings. The molecule has 0 fully saturated rings. The van der Waals surface area contributed by atoms with Crippen molar-refractivity contribution in [2.75, 3.05) is 7.11 Å². The molecule has 0 amide bonds. The normalized spacial score (nSPS) is 11.8. The fraction of sp³-hybridized carbons (Fsp3) is 0.714. The lowest BCUT2D eigenvalue weighted by atomic mass is 10.1. The van der Waals surface area contributed by atoms with E-state index in [1.54, 1.807) is 11.8 Å². The molecule has 4 nitrogen and oxygen atoms in total. The molecule has 0 aliphatic heterocycles. The van der Waals surface area contributed by atoms with Crippen LogP contribution in [0.5, 0.6) is 6.01 Å². The lowest BCUT2D eigenvalue weighted by Gasteiger charge is -2.19. The molecule has 12 heavy (non-hydrogen) atoms. The Morgan fingerprint density at radius 2 is 2.00 bits per heavy atom. The Balaban J connectivity index is 3.13. The van der Waals surface area contributed by atoms with Gasteiger partial charge in [-0.1, -0.05) is 0 Å². The summed E-state index contributed by atoms with van der Waals surface area (Å²) < 4.78 is 6.65. The van der Waals surface area contributed by atoms with Gasteiger partial charge in [0.2, 0.25) is 5.28 Å². The van der Waals surface area contributed by atoms with Gasteiger partial charge in [0.25, 0.3) is 0 Å². The van der Waals surface area contributed by atoms with E-state index in [1.165, 1.54) is 0 Å². The van der Waals surface area contributed by atoms with E-state index in [4.69, 9.17) is 16.3 Å². The quantitative estimate of drug-likeness (QED) is 0.675. The second-order valence-electron chi connectivity index (χ2n) is 3.45. The maximum absolute atomic E-state index is 5.63. The lowest BCUT2D eigenvalue weighted by Crippen LogP contribution is -2.23. The van der Waals surface area contributed by atoms with Crippen LogP contribution < -0.4 is 4.74 Å². The summed E-state index contributed by atoms with van der Waals surface area (Å²) in [5.41, 5.74) is -0.161. The zero-order valence-electron chi connectivity index (χ0n) is 7.63. The van der Waals surface area contributed by atoms with Crippen LogP contribution in [0, 0.1) is 0 Å². The molecule has 68 valence electrons. The topological polar surface area (TPSA) is 39.9 Å². The summed E-state index contributed by atoms with van der Waals surface area (Å²) in [4.78, 5) is 3.89. The van der Waals surface area contributed by atoms with Crippen LogP contribution in [-0.4, -0.2) is 21.9 Å².